The summed E-state index contributed by atoms with van der Waals surface area (Å²) in [5, 5.41) is 1.61. The minimum absolute atomic E-state index is 0.152. The number of aryl methyl sites for hydroxylation is 1. The molecule has 0 aliphatic carbocycles. The van der Waals surface area contributed by atoms with Gasteiger partial charge in [0, 0.05) is 0 Å². The summed E-state index contributed by atoms with van der Waals surface area (Å²) in [7, 11) is -1.92. The van der Waals surface area contributed by atoms with E-state index in [2.05, 4.69) is 136 Å². The Balaban J connectivity index is 1.76. The molecule has 0 spiro atoms. The molecule has 4 aromatic carbocycles. The van der Waals surface area contributed by atoms with Crippen molar-refractivity contribution >= 4 is 13.3 Å². The molecule has 174 valence electrons. The lowest BCUT2D eigenvalue weighted by Crippen LogP contribution is -2.53. The van der Waals surface area contributed by atoms with Gasteiger partial charge in [-0.05, 0) is 35.1 Å². The summed E-state index contributed by atoms with van der Waals surface area (Å²) in [5.74, 6) is 0. The Morgan fingerprint density at radius 3 is 1.56 bits per heavy atom. The second kappa shape index (κ2) is 11.0. The van der Waals surface area contributed by atoms with Crippen LogP contribution < -0.4 is 5.19 Å². The summed E-state index contributed by atoms with van der Waals surface area (Å²) in [5.41, 5.74) is 6.01. The van der Waals surface area contributed by atoms with Crippen molar-refractivity contribution < 1.29 is 0 Å². The SMILES string of the molecule is CC(C)(C)c1cccc([Si](CCCc2ccccc2)(Cc2ccccc2)Cc2ccccc2)c1. The minimum atomic E-state index is -1.92. The highest BCUT2D eigenvalue weighted by atomic mass is 28.3. The highest BCUT2D eigenvalue weighted by molar-refractivity contribution is 6.91. The van der Waals surface area contributed by atoms with Gasteiger partial charge in [-0.2, -0.15) is 0 Å². The average Bonchev–Trinajstić information content (AvgIpc) is 2.85. The molecule has 0 fully saturated rings. The van der Waals surface area contributed by atoms with E-state index in [1.165, 1.54) is 46.8 Å². The predicted octanol–water partition coefficient (Wildman–Crippen LogP) is 7.84. The largest absolute Gasteiger partial charge is 0.0953 e. The maximum absolute atomic E-state index is 2.56. The molecule has 0 saturated carbocycles. The van der Waals surface area contributed by atoms with Crippen LogP contribution in [0.4, 0.5) is 0 Å². The summed E-state index contributed by atoms with van der Waals surface area (Å²) in [6.45, 7) is 7.00. The molecule has 0 aliphatic heterocycles. The monoisotopic (exact) mass is 462 g/mol. The molecule has 0 aromatic heterocycles. The van der Waals surface area contributed by atoms with Crippen LogP contribution in [0.1, 0.15) is 49.4 Å². The van der Waals surface area contributed by atoms with Crippen LogP contribution in [0.5, 0.6) is 0 Å². The van der Waals surface area contributed by atoms with Crippen molar-refractivity contribution in [2.45, 2.75) is 57.2 Å². The third kappa shape index (κ3) is 6.36. The van der Waals surface area contributed by atoms with Crippen LogP contribution in [0.3, 0.4) is 0 Å². The first-order valence-electron chi connectivity index (χ1n) is 12.7. The van der Waals surface area contributed by atoms with E-state index in [1.807, 2.05) is 0 Å². The van der Waals surface area contributed by atoms with Crippen molar-refractivity contribution in [1.29, 1.82) is 0 Å². The summed E-state index contributed by atoms with van der Waals surface area (Å²) in [6.07, 6.45) is 2.38. The quantitative estimate of drug-likeness (QED) is 0.222. The van der Waals surface area contributed by atoms with Gasteiger partial charge in [0.05, 0.1) is 8.07 Å². The number of benzene rings is 4. The molecular weight excluding hydrogens is 424 g/mol. The fourth-order valence-electron chi connectivity index (χ4n) is 5.15. The summed E-state index contributed by atoms with van der Waals surface area (Å²) < 4.78 is 0. The van der Waals surface area contributed by atoms with Crippen molar-refractivity contribution in [3.63, 3.8) is 0 Å². The molecule has 0 nitrogen and oxygen atoms in total. The molecule has 34 heavy (non-hydrogen) atoms. The standard InChI is InChI=1S/C33H38Si/c1-33(2,3)31-22-13-23-32(25-31)34(26-29-17-9-5-10-18-29,27-30-19-11-6-12-20-30)24-14-21-28-15-7-4-8-16-28/h4-13,15-20,22-23,25H,14,21,24,26-27H2,1-3H3. The molecule has 0 saturated heterocycles. The first kappa shape index (κ1) is 24.2. The molecule has 0 amide bonds. The summed E-state index contributed by atoms with van der Waals surface area (Å²) in [6, 6.07) is 46.7. The van der Waals surface area contributed by atoms with E-state index < -0.39 is 8.07 Å². The topological polar surface area (TPSA) is 0 Å². The lowest BCUT2D eigenvalue weighted by atomic mass is 9.87. The van der Waals surface area contributed by atoms with Crippen molar-refractivity contribution in [1.82, 2.24) is 0 Å². The van der Waals surface area contributed by atoms with Gasteiger partial charge in [-0.3, -0.25) is 0 Å². The van der Waals surface area contributed by atoms with Gasteiger partial charge in [0.1, 0.15) is 0 Å². The molecule has 0 radical (unpaired) electrons. The molecule has 4 aromatic rings. The zero-order chi connectivity index (χ0) is 23.9. The Morgan fingerprint density at radius 1 is 0.559 bits per heavy atom. The lowest BCUT2D eigenvalue weighted by molar-refractivity contribution is 0.590. The predicted molar refractivity (Wildman–Crippen MR) is 150 cm³/mol. The molecule has 0 N–H and O–H groups in total. The highest BCUT2D eigenvalue weighted by Crippen LogP contribution is 2.28. The second-order valence-corrected chi connectivity index (χ2v) is 15.1. The van der Waals surface area contributed by atoms with Gasteiger partial charge in [0.25, 0.3) is 0 Å². The van der Waals surface area contributed by atoms with Crippen LogP contribution in [-0.2, 0) is 23.9 Å². The second-order valence-electron chi connectivity index (χ2n) is 10.8. The molecule has 4 rings (SSSR count). The summed E-state index contributed by atoms with van der Waals surface area (Å²) >= 11 is 0. The third-order valence-electron chi connectivity index (χ3n) is 7.08. The zero-order valence-corrected chi connectivity index (χ0v) is 22.0. The molecular formula is C33H38Si. The van der Waals surface area contributed by atoms with E-state index in [9.17, 15) is 0 Å². The van der Waals surface area contributed by atoms with E-state index in [1.54, 1.807) is 5.19 Å². The number of hydrogen-bond donors (Lipinski definition) is 0. The maximum atomic E-state index is 2.56. The highest BCUT2D eigenvalue weighted by Gasteiger charge is 2.35. The molecule has 0 heterocycles. The van der Waals surface area contributed by atoms with E-state index in [-0.39, 0.29) is 5.41 Å². The fourth-order valence-corrected chi connectivity index (χ4v) is 10.1. The Labute approximate surface area is 207 Å². The third-order valence-corrected chi connectivity index (χ3v) is 12.1. The molecule has 0 unspecified atom stereocenters. The van der Waals surface area contributed by atoms with Crippen molar-refractivity contribution in [2.75, 3.05) is 0 Å². The van der Waals surface area contributed by atoms with Gasteiger partial charge < -0.3 is 0 Å². The van der Waals surface area contributed by atoms with E-state index in [4.69, 9.17) is 0 Å². The van der Waals surface area contributed by atoms with Crippen LogP contribution in [0.25, 0.3) is 0 Å². The van der Waals surface area contributed by atoms with Crippen molar-refractivity contribution in [2.24, 2.45) is 0 Å². The normalized spacial score (nSPS) is 12.0. The van der Waals surface area contributed by atoms with Crippen LogP contribution >= 0.6 is 0 Å². The Kier molecular flexibility index (Phi) is 7.85. The van der Waals surface area contributed by atoms with E-state index in [0.717, 1.165) is 6.42 Å². The molecule has 0 aliphatic rings. The Hall–Kier alpha value is -2.90. The first-order valence-corrected chi connectivity index (χ1v) is 15.3. The van der Waals surface area contributed by atoms with Crippen molar-refractivity contribution in [3.05, 3.63) is 138 Å². The molecule has 0 bridgehead atoms. The van der Waals surface area contributed by atoms with Gasteiger partial charge in [0.15, 0.2) is 0 Å². The number of hydrogen-bond acceptors (Lipinski definition) is 0. The zero-order valence-electron chi connectivity index (χ0n) is 21.0. The van der Waals surface area contributed by atoms with Gasteiger partial charge in [-0.1, -0.05) is 165 Å². The van der Waals surface area contributed by atoms with Gasteiger partial charge in [0.2, 0.25) is 0 Å². The van der Waals surface area contributed by atoms with Gasteiger partial charge in [-0.25, -0.2) is 0 Å². The molecule has 1 heteroatoms. The Morgan fingerprint density at radius 2 is 1.06 bits per heavy atom. The summed E-state index contributed by atoms with van der Waals surface area (Å²) in [4.78, 5) is 0. The smallest absolute Gasteiger partial charge is 0.0629 e. The first-order chi connectivity index (χ1) is 16.4. The lowest BCUT2D eigenvalue weighted by Gasteiger charge is -2.34. The van der Waals surface area contributed by atoms with Crippen LogP contribution in [-0.4, -0.2) is 8.07 Å². The van der Waals surface area contributed by atoms with Gasteiger partial charge >= 0.3 is 0 Å². The maximum Gasteiger partial charge on any atom is 0.0953 e. The van der Waals surface area contributed by atoms with Crippen LogP contribution in [0, 0.1) is 0 Å². The number of rotatable bonds is 9. The van der Waals surface area contributed by atoms with Gasteiger partial charge in [-0.15, -0.1) is 0 Å². The van der Waals surface area contributed by atoms with Crippen LogP contribution in [0.2, 0.25) is 6.04 Å². The van der Waals surface area contributed by atoms with Crippen molar-refractivity contribution in [3.8, 4) is 0 Å². The average molecular weight is 463 g/mol. The Bertz CT molecular complexity index is 1100. The minimum Gasteiger partial charge on any atom is -0.0629 e. The van der Waals surface area contributed by atoms with E-state index in [0.29, 0.717) is 0 Å². The van der Waals surface area contributed by atoms with E-state index >= 15 is 0 Å². The molecule has 0 atom stereocenters. The van der Waals surface area contributed by atoms with Crippen LogP contribution in [0.15, 0.2) is 115 Å². The fraction of sp³-hybridized carbons (Fsp3) is 0.273.